The number of anilines is 1. The van der Waals surface area contributed by atoms with Crippen molar-refractivity contribution in [3.63, 3.8) is 0 Å². The van der Waals surface area contributed by atoms with E-state index < -0.39 is 32.1 Å². The van der Waals surface area contributed by atoms with Crippen molar-refractivity contribution in [1.29, 1.82) is 0 Å². The molecule has 1 amide bonds. The van der Waals surface area contributed by atoms with Gasteiger partial charge in [-0.2, -0.15) is 4.72 Å². The highest BCUT2D eigenvalue weighted by Crippen LogP contribution is 2.50. The number of fused-ring (bicyclic) bond motifs is 1. The number of carbonyl (C=O) groups is 2. The summed E-state index contributed by atoms with van der Waals surface area (Å²) in [6.45, 7) is 2.10. The number of nitrogens with zero attached hydrogens (tertiary/aromatic N) is 1. The van der Waals surface area contributed by atoms with Gasteiger partial charge < -0.3 is 4.90 Å². The first-order valence-corrected chi connectivity index (χ1v) is 15.2. The fourth-order valence-corrected chi connectivity index (χ4v) is 7.27. The molecule has 9 heteroatoms. The van der Waals surface area contributed by atoms with Crippen LogP contribution in [0.25, 0.3) is 0 Å². The predicted molar refractivity (Wildman–Crippen MR) is 158 cm³/mol. The Morgan fingerprint density at radius 1 is 0.923 bits per heavy atom. The minimum atomic E-state index is -4.20. The third-order valence-electron chi connectivity index (χ3n) is 6.70. The van der Waals surface area contributed by atoms with Crippen molar-refractivity contribution in [3.05, 3.63) is 130 Å². The van der Waals surface area contributed by atoms with Gasteiger partial charge in [0.05, 0.1) is 11.4 Å². The van der Waals surface area contributed by atoms with E-state index in [4.69, 9.17) is 0 Å². The number of hydrogen-bond donors (Lipinski definition) is 1. The molecule has 0 unspecified atom stereocenters. The summed E-state index contributed by atoms with van der Waals surface area (Å²) < 4.78 is 28.8. The monoisotopic (exact) mass is 666 g/mol. The topological polar surface area (TPSA) is 83.5 Å². The van der Waals surface area contributed by atoms with E-state index in [1.54, 1.807) is 59.5 Å². The molecule has 0 saturated carbocycles. The Labute approximate surface area is 244 Å². The van der Waals surface area contributed by atoms with Gasteiger partial charge in [0.25, 0.3) is 5.91 Å². The fraction of sp³-hybridized carbons (Fsp3) is 0.133. The van der Waals surface area contributed by atoms with Gasteiger partial charge in [-0.3, -0.25) is 9.59 Å². The van der Waals surface area contributed by atoms with Crippen LogP contribution < -0.4 is 9.62 Å². The summed E-state index contributed by atoms with van der Waals surface area (Å²) in [6.07, 6.45) is 0. The highest BCUT2D eigenvalue weighted by Gasteiger charge is 2.57. The molecule has 0 spiro atoms. The van der Waals surface area contributed by atoms with Crippen molar-refractivity contribution >= 4 is 59.3 Å². The number of hydrogen-bond acceptors (Lipinski definition) is 4. The molecule has 1 aliphatic rings. The Bertz CT molecular complexity index is 1650. The molecular weight excluding hydrogens is 644 g/mol. The molecule has 4 aromatic rings. The van der Waals surface area contributed by atoms with Crippen molar-refractivity contribution < 1.29 is 18.0 Å². The first-order chi connectivity index (χ1) is 18.6. The molecule has 4 aromatic carbocycles. The number of alkyl halides is 1. The zero-order chi connectivity index (χ0) is 27.8. The van der Waals surface area contributed by atoms with E-state index >= 15 is 0 Å². The highest BCUT2D eigenvalue weighted by molar-refractivity contribution is 9.10. The Kier molecular flexibility index (Phi) is 7.61. The first-order valence-electron chi connectivity index (χ1n) is 12.1. The third-order valence-corrected chi connectivity index (χ3v) is 9.86. The molecule has 1 aliphatic heterocycles. The summed E-state index contributed by atoms with van der Waals surface area (Å²) in [4.78, 5) is 30.0. The standard InChI is InChI=1S/C30H24Br2N2O4S/c1-20-12-15-24(16-13-20)39(37,38)33-28(27(35)22-10-6-3-7-11-22)30(32)25-18-23(31)14-17-26(25)34(29(30)36)19-21-8-4-2-5-9-21/h2-18,28,33H,19H2,1H3/t28-,30-/m1/s1. The molecule has 0 saturated heterocycles. The van der Waals surface area contributed by atoms with Crippen LogP contribution in [0, 0.1) is 6.92 Å². The molecular formula is C30H24Br2N2O4S. The summed E-state index contributed by atoms with van der Waals surface area (Å²) in [6, 6.07) is 28.0. The van der Waals surface area contributed by atoms with Crippen LogP contribution in [0.15, 0.2) is 112 Å². The lowest BCUT2D eigenvalue weighted by Crippen LogP contribution is -2.56. The molecule has 0 aliphatic carbocycles. The van der Waals surface area contributed by atoms with E-state index in [2.05, 4.69) is 36.6 Å². The van der Waals surface area contributed by atoms with E-state index in [9.17, 15) is 18.0 Å². The summed E-state index contributed by atoms with van der Waals surface area (Å²) in [7, 11) is -4.20. The van der Waals surface area contributed by atoms with Crippen LogP contribution in [-0.2, 0) is 25.7 Å². The zero-order valence-corrected chi connectivity index (χ0v) is 24.8. The van der Waals surface area contributed by atoms with Gasteiger partial charge in [-0.1, -0.05) is 110 Å². The van der Waals surface area contributed by atoms with E-state index in [0.29, 0.717) is 15.7 Å². The van der Waals surface area contributed by atoms with Gasteiger partial charge in [-0.05, 0) is 42.8 Å². The summed E-state index contributed by atoms with van der Waals surface area (Å²) >= 11 is 7.12. The normalized spacial score (nSPS) is 17.6. The molecule has 6 nitrogen and oxygen atoms in total. The minimum absolute atomic E-state index is 0.00360. The molecule has 2 atom stereocenters. The SMILES string of the molecule is Cc1ccc(S(=O)(=O)N[C@H](C(=O)c2ccccc2)[C@@]2(Br)C(=O)N(Cc3ccccc3)c3ccc(Br)cc32)cc1. The lowest BCUT2D eigenvalue weighted by molar-refractivity contribution is -0.120. The van der Waals surface area contributed by atoms with Crippen molar-refractivity contribution in [2.45, 2.75) is 28.7 Å². The number of carbonyl (C=O) groups excluding carboxylic acids is 2. The minimum Gasteiger partial charge on any atom is -0.306 e. The maximum atomic E-state index is 14.3. The fourth-order valence-electron chi connectivity index (χ4n) is 4.68. The Balaban J connectivity index is 1.66. The number of nitrogens with one attached hydrogen (secondary N) is 1. The van der Waals surface area contributed by atoms with Crippen LogP contribution >= 0.6 is 31.9 Å². The van der Waals surface area contributed by atoms with Crippen LogP contribution in [0.1, 0.15) is 27.0 Å². The summed E-state index contributed by atoms with van der Waals surface area (Å²) in [5, 5.41) is 0. The van der Waals surface area contributed by atoms with Gasteiger partial charge in [0.1, 0.15) is 6.04 Å². The molecule has 0 radical (unpaired) electrons. The molecule has 1 N–H and O–H groups in total. The maximum absolute atomic E-state index is 14.3. The zero-order valence-electron chi connectivity index (χ0n) is 20.8. The van der Waals surface area contributed by atoms with Crippen molar-refractivity contribution in [2.75, 3.05) is 4.90 Å². The summed E-state index contributed by atoms with van der Waals surface area (Å²) in [5.74, 6) is -0.982. The Morgan fingerprint density at radius 3 is 2.18 bits per heavy atom. The highest BCUT2D eigenvalue weighted by atomic mass is 79.9. The molecule has 0 fully saturated rings. The van der Waals surface area contributed by atoms with Crippen molar-refractivity contribution in [1.82, 2.24) is 4.72 Å². The largest absolute Gasteiger partial charge is 0.306 e. The van der Waals surface area contributed by atoms with Crippen molar-refractivity contribution in [3.8, 4) is 0 Å². The average molecular weight is 668 g/mol. The van der Waals surface area contributed by atoms with Gasteiger partial charge in [0, 0.05) is 21.3 Å². The Hall–Kier alpha value is -3.11. The molecule has 39 heavy (non-hydrogen) atoms. The van der Waals surface area contributed by atoms with Gasteiger partial charge in [-0.25, -0.2) is 8.42 Å². The van der Waals surface area contributed by atoms with E-state index in [0.717, 1.165) is 11.1 Å². The first kappa shape index (κ1) is 27.5. The smallest absolute Gasteiger partial charge is 0.250 e. The Morgan fingerprint density at radius 2 is 1.54 bits per heavy atom. The van der Waals surface area contributed by atoms with E-state index in [1.165, 1.54) is 12.1 Å². The number of rotatable bonds is 8. The van der Waals surface area contributed by atoms with Crippen LogP contribution in [0.2, 0.25) is 0 Å². The van der Waals surface area contributed by atoms with Gasteiger partial charge >= 0.3 is 0 Å². The van der Waals surface area contributed by atoms with Gasteiger partial charge in [0.2, 0.25) is 10.0 Å². The number of sulfonamides is 1. The van der Waals surface area contributed by atoms with Gasteiger partial charge in [0.15, 0.2) is 10.1 Å². The maximum Gasteiger partial charge on any atom is 0.250 e. The number of ketones is 1. The molecule has 5 rings (SSSR count). The average Bonchev–Trinajstić information content (AvgIpc) is 3.14. The van der Waals surface area contributed by atoms with Crippen LogP contribution in [0.3, 0.4) is 0 Å². The van der Waals surface area contributed by atoms with Crippen LogP contribution in [0.4, 0.5) is 5.69 Å². The number of amides is 1. The third kappa shape index (κ3) is 5.24. The number of aryl methyl sites for hydroxylation is 1. The molecule has 1 heterocycles. The van der Waals surface area contributed by atoms with E-state index in [-0.39, 0.29) is 17.0 Å². The lowest BCUT2D eigenvalue weighted by atomic mass is 9.88. The predicted octanol–water partition coefficient (Wildman–Crippen LogP) is 6.12. The number of Topliss-reactive ketones (excluding diaryl/α,β-unsaturated/α-hetero) is 1. The number of benzene rings is 4. The second kappa shape index (κ2) is 10.8. The van der Waals surface area contributed by atoms with Crippen LogP contribution in [0.5, 0.6) is 0 Å². The molecule has 0 aromatic heterocycles. The van der Waals surface area contributed by atoms with Crippen molar-refractivity contribution in [2.24, 2.45) is 0 Å². The van der Waals surface area contributed by atoms with Crippen LogP contribution in [-0.4, -0.2) is 26.2 Å². The molecule has 198 valence electrons. The second-order valence-electron chi connectivity index (χ2n) is 9.35. The molecule has 0 bridgehead atoms. The lowest BCUT2D eigenvalue weighted by Gasteiger charge is -2.31. The quantitative estimate of drug-likeness (QED) is 0.181. The second-order valence-corrected chi connectivity index (χ2v) is 13.2. The number of halogens is 2. The summed E-state index contributed by atoms with van der Waals surface area (Å²) in [5.41, 5.74) is 3.13. The van der Waals surface area contributed by atoms with Gasteiger partial charge in [-0.15, -0.1) is 0 Å². The van der Waals surface area contributed by atoms with E-state index in [1.807, 2.05) is 43.3 Å².